The lowest BCUT2D eigenvalue weighted by molar-refractivity contribution is -0.142. The summed E-state index contributed by atoms with van der Waals surface area (Å²) in [5, 5.41) is 5.58. The van der Waals surface area contributed by atoms with Gasteiger partial charge in [0.25, 0.3) is 0 Å². The van der Waals surface area contributed by atoms with Crippen LogP contribution in [0.2, 0.25) is 0 Å². The first-order chi connectivity index (χ1) is 13.0. The summed E-state index contributed by atoms with van der Waals surface area (Å²) < 4.78 is 10.2. The molecule has 0 bridgehead atoms. The van der Waals surface area contributed by atoms with Crippen molar-refractivity contribution in [2.75, 3.05) is 25.6 Å². The lowest BCUT2D eigenvalue weighted by atomic mass is 10.0. The number of amides is 2. The van der Waals surface area contributed by atoms with Gasteiger partial charge in [0.15, 0.2) is 0 Å². The van der Waals surface area contributed by atoms with E-state index in [-0.39, 0.29) is 25.0 Å². The summed E-state index contributed by atoms with van der Waals surface area (Å²) in [5.41, 5.74) is 8.21. The van der Waals surface area contributed by atoms with Gasteiger partial charge in [-0.25, -0.2) is 4.79 Å². The Balaban J connectivity index is 0.00000392. The Kier molecular flexibility index (Phi) is 9.84. The average molecular weight is 408 g/mol. The van der Waals surface area contributed by atoms with E-state index in [1.807, 2.05) is 49.4 Å². The highest BCUT2D eigenvalue weighted by atomic mass is 35.5. The largest absolute Gasteiger partial charge is 0.491 e. The highest BCUT2D eigenvalue weighted by molar-refractivity contribution is 5.90. The Labute approximate surface area is 171 Å². The van der Waals surface area contributed by atoms with Crippen molar-refractivity contribution in [3.63, 3.8) is 0 Å². The number of esters is 1. The monoisotopic (exact) mass is 407 g/mol. The molecule has 0 radical (unpaired) electrons. The summed E-state index contributed by atoms with van der Waals surface area (Å²) in [4.78, 5) is 23.2. The Morgan fingerprint density at radius 2 is 1.79 bits per heavy atom. The molecular formula is C20H26ClN3O4. The normalized spacial score (nSPS) is 11.0. The molecule has 0 aromatic heterocycles. The number of urea groups is 1. The maximum atomic E-state index is 11.8. The molecule has 8 heteroatoms. The first-order valence-corrected chi connectivity index (χ1v) is 8.75. The standard InChI is InChI=1S/C20H25N3O4.ClH/c1-3-10-22-20(25)23-16-8-4-6-14(11-16)15-7-5-9-17(12-15)27-13-18(21)19(24)26-2;/h4-9,11-12,18H,3,10,13,21H2,1-2H3,(H2,22,23,25);1H/t18-;/m0./s1. The fraction of sp³-hybridized carbons (Fsp3) is 0.300. The zero-order valence-electron chi connectivity index (χ0n) is 15.9. The predicted octanol–water partition coefficient (Wildman–Crippen LogP) is 3.19. The summed E-state index contributed by atoms with van der Waals surface area (Å²) in [5.74, 6) is 0.0668. The summed E-state index contributed by atoms with van der Waals surface area (Å²) in [6.45, 7) is 2.64. The van der Waals surface area contributed by atoms with Crippen LogP contribution in [0, 0.1) is 0 Å². The predicted molar refractivity (Wildman–Crippen MR) is 112 cm³/mol. The van der Waals surface area contributed by atoms with E-state index < -0.39 is 12.0 Å². The number of carbonyl (C=O) groups excluding carboxylic acids is 2. The third-order valence-electron chi connectivity index (χ3n) is 3.76. The van der Waals surface area contributed by atoms with E-state index in [2.05, 4.69) is 15.4 Å². The van der Waals surface area contributed by atoms with E-state index >= 15 is 0 Å². The number of rotatable bonds is 8. The van der Waals surface area contributed by atoms with Gasteiger partial charge in [-0.2, -0.15) is 0 Å². The molecule has 1 atom stereocenters. The third kappa shape index (κ3) is 7.09. The summed E-state index contributed by atoms with van der Waals surface area (Å²) in [6, 6.07) is 13.9. The third-order valence-corrected chi connectivity index (χ3v) is 3.76. The quantitative estimate of drug-likeness (QED) is 0.583. The van der Waals surface area contributed by atoms with Gasteiger partial charge in [-0.3, -0.25) is 4.79 Å². The van der Waals surface area contributed by atoms with E-state index in [4.69, 9.17) is 10.5 Å². The van der Waals surface area contributed by atoms with Gasteiger partial charge in [-0.15, -0.1) is 12.4 Å². The second kappa shape index (κ2) is 11.8. The molecular weight excluding hydrogens is 382 g/mol. The molecule has 0 aliphatic carbocycles. The number of halogens is 1. The Hall–Kier alpha value is -2.77. The maximum absolute atomic E-state index is 11.8. The number of benzene rings is 2. The minimum atomic E-state index is -0.840. The topological polar surface area (TPSA) is 103 Å². The molecule has 0 fully saturated rings. The second-order valence-corrected chi connectivity index (χ2v) is 5.93. The molecule has 4 N–H and O–H groups in total. The van der Waals surface area contributed by atoms with Gasteiger partial charge >= 0.3 is 12.0 Å². The molecule has 2 aromatic carbocycles. The van der Waals surface area contributed by atoms with Crippen molar-refractivity contribution < 1.29 is 19.1 Å². The van der Waals surface area contributed by atoms with Crippen LogP contribution in [-0.4, -0.2) is 38.3 Å². The first-order valence-electron chi connectivity index (χ1n) is 8.75. The fourth-order valence-electron chi connectivity index (χ4n) is 2.36. The number of ether oxygens (including phenoxy) is 2. The Morgan fingerprint density at radius 3 is 2.46 bits per heavy atom. The van der Waals surface area contributed by atoms with Gasteiger partial charge in [0.1, 0.15) is 18.4 Å². The number of nitrogens with one attached hydrogen (secondary N) is 2. The first kappa shape index (κ1) is 23.3. The number of nitrogens with two attached hydrogens (primary N) is 1. The summed E-state index contributed by atoms with van der Waals surface area (Å²) in [7, 11) is 1.28. The van der Waals surface area contributed by atoms with Crippen molar-refractivity contribution in [3.8, 4) is 16.9 Å². The van der Waals surface area contributed by atoms with Crippen LogP contribution in [0.3, 0.4) is 0 Å². The Bertz CT molecular complexity index is 786. The van der Waals surface area contributed by atoms with E-state index in [1.165, 1.54) is 7.11 Å². The van der Waals surface area contributed by atoms with Gasteiger partial charge in [0, 0.05) is 12.2 Å². The van der Waals surface area contributed by atoms with Gasteiger partial charge in [0.05, 0.1) is 7.11 Å². The molecule has 0 saturated heterocycles. The lowest BCUT2D eigenvalue weighted by Gasteiger charge is -2.12. The van der Waals surface area contributed by atoms with E-state index in [0.29, 0.717) is 18.0 Å². The lowest BCUT2D eigenvalue weighted by Crippen LogP contribution is -2.37. The number of hydrogen-bond donors (Lipinski definition) is 3. The molecule has 2 rings (SSSR count). The fourth-order valence-corrected chi connectivity index (χ4v) is 2.36. The smallest absolute Gasteiger partial charge is 0.326 e. The van der Waals surface area contributed by atoms with E-state index in [9.17, 15) is 9.59 Å². The molecule has 2 aromatic rings. The Morgan fingerprint density at radius 1 is 1.11 bits per heavy atom. The van der Waals surface area contributed by atoms with Crippen molar-refractivity contribution in [2.45, 2.75) is 19.4 Å². The molecule has 2 amide bonds. The van der Waals surface area contributed by atoms with Gasteiger partial charge in [0.2, 0.25) is 0 Å². The van der Waals surface area contributed by atoms with Crippen LogP contribution in [0.25, 0.3) is 11.1 Å². The van der Waals surface area contributed by atoms with Crippen LogP contribution >= 0.6 is 12.4 Å². The molecule has 0 unspecified atom stereocenters. The van der Waals surface area contributed by atoms with Crippen LogP contribution in [0.4, 0.5) is 10.5 Å². The maximum Gasteiger partial charge on any atom is 0.326 e. The summed E-state index contributed by atoms with van der Waals surface area (Å²) >= 11 is 0. The van der Waals surface area contributed by atoms with Crippen LogP contribution in [0.1, 0.15) is 13.3 Å². The molecule has 0 aliphatic rings. The van der Waals surface area contributed by atoms with Crippen molar-refractivity contribution >= 4 is 30.1 Å². The minimum Gasteiger partial charge on any atom is -0.491 e. The number of anilines is 1. The summed E-state index contributed by atoms with van der Waals surface area (Å²) in [6.07, 6.45) is 0.875. The minimum absolute atomic E-state index is 0. The molecule has 28 heavy (non-hydrogen) atoms. The SMILES string of the molecule is CCCNC(=O)Nc1cccc(-c2cccc(OC[C@H](N)C(=O)OC)c2)c1.Cl. The zero-order chi connectivity index (χ0) is 19.6. The van der Waals surface area contributed by atoms with Gasteiger partial charge in [-0.1, -0.05) is 31.2 Å². The van der Waals surface area contributed by atoms with Crippen molar-refractivity contribution in [3.05, 3.63) is 48.5 Å². The number of carbonyl (C=O) groups is 2. The van der Waals surface area contributed by atoms with E-state index in [1.54, 1.807) is 6.07 Å². The second-order valence-electron chi connectivity index (χ2n) is 5.93. The van der Waals surface area contributed by atoms with Crippen LogP contribution < -0.4 is 21.1 Å². The number of hydrogen-bond acceptors (Lipinski definition) is 5. The van der Waals surface area contributed by atoms with Crippen molar-refractivity contribution in [1.29, 1.82) is 0 Å². The van der Waals surface area contributed by atoms with Crippen LogP contribution in [0.5, 0.6) is 5.75 Å². The van der Waals surface area contributed by atoms with Gasteiger partial charge in [-0.05, 0) is 41.8 Å². The molecule has 0 spiro atoms. The van der Waals surface area contributed by atoms with Crippen molar-refractivity contribution in [2.24, 2.45) is 5.73 Å². The highest BCUT2D eigenvalue weighted by Crippen LogP contribution is 2.26. The van der Waals surface area contributed by atoms with Gasteiger partial charge < -0.3 is 25.8 Å². The van der Waals surface area contributed by atoms with Crippen LogP contribution in [-0.2, 0) is 9.53 Å². The average Bonchev–Trinajstić information content (AvgIpc) is 2.70. The molecule has 152 valence electrons. The molecule has 7 nitrogen and oxygen atoms in total. The highest BCUT2D eigenvalue weighted by Gasteiger charge is 2.14. The van der Waals surface area contributed by atoms with E-state index in [0.717, 1.165) is 17.5 Å². The zero-order valence-corrected chi connectivity index (χ0v) is 16.8. The molecule has 0 heterocycles. The molecule has 0 aliphatic heterocycles. The van der Waals surface area contributed by atoms with Crippen LogP contribution in [0.15, 0.2) is 48.5 Å². The molecule has 0 saturated carbocycles. The van der Waals surface area contributed by atoms with Crippen molar-refractivity contribution in [1.82, 2.24) is 5.32 Å². The number of methoxy groups -OCH3 is 1.